The molecule has 0 fully saturated rings. The maximum atomic E-state index is 12.8. The summed E-state index contributed by atoms with van der Waals surface area (Å²) >= 11 is 0. The second kappa shape index (κ2) is 6.78. The van der Waals surface area contributed by atoms with E-state index < -0.39 is 0 Å². The highest BCUT2D eigenvalue weighted by Crippen LogP contribution is 2.32. The minimum absolute atomic E-state index is 0.162. The van der Waals surface area contributed by atoms with Gasteiger partial charge in [-0.15, -0.1) is 0 Å². The summed E-state index contributed by atoms with van der Waals surface area (Å²) in [5, 5.41) is 11.5. The third-order valence-electron chi connectivity index (χ3n) is 4.93. The summed E-state index contributed by atoms with van der Waals surface area (Å²) in [6.45, 7) is 2.71. The zero-order valence-electron chi connectivity index (χ0n) is 16.0. The first kappa shape index (κ1) is 17.5. The molecule has 29 heavy (non-hydrogen) atoms. The van der Waals surface area contributed by atoms with Crippen molar-refractivity contribution in [3.05, 3.63) is 47.8 Å². The molecular formula is C20H20N6O3. The Kier molecular flexibility index (Phi) is 4.09. The Bertz CT molecular complexity index is 1230. The molecule has 4 aromatic rings. The Morgan fingerprint density at radius 1 is 1.31 bits per heavy atom. The number of amides is 1. The highest BCUT2D eigenvalue weighted by atomic mass is 16.5. The molecule has 4 heterocycles. The van der Waals surface area contributed by atoms with Gasteiger partial charge in [0.1, 0.15) is 22.8 Å². The van der Waals surface area contributed by atoms with Gasteiger partial charge in [0.2, 0.25) is 0 Å². The number of ether oxygens (including phenoxy) is 2. The molecule has 1 aromatic carbocycles. The van der Waals surface area contributed by atoms with Gasteiger partial charge in [-0.3, -0.25) is 4.79 Å². The summed E-state index contributed by atoms with van der Waals surface area (Å²) < 4.78 is 12.9. The van der Waals surface area contributed by atoms with Gasteiger partial charge >= 0.3 is 0 Å². The van der Waals surface area contributed by atoms with Crippen molar-refractivity contribution >= 4 is 34.1 Å². The molecule has 1 aliphatic heterocycles. The monoisotopic (exact) mass is 392 g/mol. The van der Waals surface area contributed by atoms with Crippen LogP contribution in [0.3, 0.4) is 0 Å². The number of H-pyrrole nitrogens is 1. The van der Waals surface area contributed by atoms with E-state index >= 15 is 0 Å². The average molecular weight is 392 g/mol. The predicted octanol–water partition coefficient (Wildman–Crippen LogP) is 2.61. The summed E-state index contributed by atoms with van der Waals surface area (Å²) in [6.07, 6.45) is 3.35. The topological polar surface area (TPSA) is 106 Å². The molecule has 0 aliphatic carbocycles. The van der Waals surface area contributed by atoms with Crippen molar-refractivity contribution in [1.82, 2.24) is 24.9 Å². The fraction of sp³-hybridized carbons (Fsp3) is 0.250. The van der Waals surface area contributed by atoms with Gasteiger partial charge in [-0.25, -0.2) is 4.98 Å². The van der Waals surface area contributed by atoms with Crippen molar-refractivity contribution in [2.24, 2.45) is 0 Å². The molecule has 0 saturated carbocycles. The zero-order valence-corrected chi connectivity index (χ0v) is 16.0. The fourth-order valence-electron chi connectivity index (χ4n) is 3.53. The van der Waals surface area contributed by atoms with Crippen LogP contribution in [0.5, 0.6) is 5.75 Å². The minimum atomic E-state index is -0.242. The summed E-state index contributed by atoms with van der Waals surface area (Å²) in [7, 11) is 1.62. The molecule has 9 nitrogen and oxygen atoms in total. The van der Waals surface area contributed by atoms with Gasteiger partial charge in [0.15, 0.2) is 5.65 Å². The SMILES string of the molecule is COc1ccc2cc1Nc1nc3c(cnn3c3[nH]ccc13)C(=O)N[C@@H](C)COC2. The van der Waals surface area contributed by atoms with E-state index in [1.165, 1.54) is 6.20 Å². The van der Waals surface area contributed by atoms with E-state index in [0.717, 1.165) is 22.3 Å². The van der Waals surface area contributed by atoms with Gasteiger partial charge < -0.3 is 25.1 Å². The molecule has 1 aliphatic rings. The van der Waals surface area contributed by atoms with Crippen molar-refractivity contribution in [2.75, 3.05) is 19.0 Å². The first-order valence-corrected chi connectivity index (χ1v) is 9.31. The third kappa shape index (κ3) is 2.95. The number of anilines is 2. The van der Waals surface area contributed by atoms with Crippen LogP contribution in [-0.2, 0) is 11.3 Å². The molecule has 5 rings (SSSR count). The van der Waals surface area contributed by atoms with Crippen molar-refractivity contribution < 1.29 is 14.3 Å². The number of hydrogen-bond donors (Lipinski definition) is 3. The molecule has 0 unspecified atom stereocenters. The number of rotatable bonds is 1. The Morgan fingerprint density at radius 2 is 2.21 bits per heavy atom. The number of nitrogens with zero attached hydrogens (tertiary/aromatic N) is 3. The van der Waals surface area contributed by atoms with Crippen molar-refractivity contribution in [3.8, 4) is 5.75 Å². The second-order valence-corrected chi connectivity index (χ2v) is 7.04. The van der Waals surface area contributed by atoms with Crippen LogP contribution in [0.15, 0.2) is 36.7 Å². The van der Waals surface area contributed by atoms with E-state index in [1.807, 2.05) is 37.4 Å². The molecular weight excluding hydrogens is 372 g/mol. The Labute approximate surface area is 166 Å². The number of carbonyl (C=O) groups is 1. The summed E-state index contributed by atoms with van der Waals surface area (Å²) in [4.78, 5) is 20.7. The van der Waals surface area contributed by atoms with Crippen LogP contribution < -0.4 is 15.4 Å². The fourth-order valence-corrected chi connectivity index (χ4v) is 3.53. The predicted molar refractivity (Wildman–Crippen MR) is 108 cm³/mol. The molecule has 148 valence electrons. The van der Waals surface area contributed by atoms with Gasteiger partial charge in [0.05, 0.1) is 37.6 Å². The summed E-state index contributed by atoms with van der Waals surface area (Å²) in [5.74, 6) is 1.05. The number of nitrogens with one attached hydrogen (secondary N) is 3. The first-order chi connectivity index (χ1) is 14.1. The number of benzene rings is 1. The number of aromatic amines is 1. The molecule has 1 atom stereocenters. The van der Waals surface area contributed by atoms with E-state index in [0.29, 0.717) is 36.0 Å². The van der Waals surface area contributed by atoms with Crippen LogP contribution in [0.2, 0.25) is 0 Å². The average Bonchev–Trinajstić information content (AvgIpc) is 3.34. The molecule has 0 saturated heterocycles. The third-order valence-corrected chi connectivity index (χ3v) is 4.93. The van der Waals surface area contributed by atoms with E-state index in [-0.39, 0.29) is 11.9 Å². The Hall–Kier alpha value is -3.59. The molecule has 0 spiro atoms. The van der Waals surface area contributed by atoms with E-state index in [1.54, 1.807) is 11.6 Å². The van der Waals surface area contributed by atoms with Crippen LogP contribution >= 0.6 is 0 Å². The maximum absolute atomic E-state index is 12.8. The van der Waals surface area contributed by atoms with Crippen LogP contribution in [-0.4, -0.2) is 45.2 Å². The number of methoxy groups -OCH3 is 1. The standard InChI is InChI=1S/C20H20N6O3/c1-11-9-29-10-12-3-4-16(28-2)15(7-12)24-17-13-5-6-21-18(13)26-19(25-17)14(8-22-26)20(27)23-11/h3-8,11,21H,9-10H2,1-2H3,(H,23,27)(H,24,25)/t11-/m0/s1. The van der Waals surface area contributed by atoms with Crippen LogP contribution in [0, 0.1) is 0 Å². The van der Waals surface area contributed by atoms with Gasteiger partial charge in [-0.05, 0) is 30.7 Å². The molecule has 4 bridgehead atoms. The number of carbonyl (C=O) groups excluding carboxylic acids is 1. The lowest BCUT2D eigenvalue weighted by atomic mass is 10.2. The van der Waals surface area contributed by atoms with Crippen molar-refractivity contribution in [1.29, 1.82) is 0 Å². The normalized spacial score (nSPS) is 17.2. The molecule has 9 heteroatoms. The molecule has 3 N–H and O–H groups in total. The Morgan fingerprint density at radius 3 is 3.07 bits per heavy atom. The maximum Gasteiger partial charge on any atom is 0.257 e. The van der Waals surface area contributed by atoms with Crippen molar-refractivity contribution in [3.63, 3.8) is 0 Å². The number of hydrogen-bond acceptors (Lipinski definition) is 6. The molecule has 1 amide bonds. The quantitative estimate of drug-likeness (QED) is 0.460. The lowest BCUT2D eigenvalue weighted by Crippen LogP contribution is -2.35. The van der Waals surface area contributed by atoms with Crippen molar-refractivity contribution in [2.45, 2.75) is 19.6 Å². The minimum Gasteiger partial charge on any atom is -0.495 e. The number of fused-ring (bicyclic) bond motifs is 6. The van der Waals surface area contributed by atoms with E-state index in [4.69, 9.17) is 14.5 Å². The van der Waals surface area contributed by atoms with Crippen LogP contribution in [0.25, 0.3) is 16.7 Å². The van der Waals surface area contributed by atoms with Gasteiger partial charge in [-0.1, -0.05) is 6.07 Å². The second-order valence-electron chi connectivity index (χ2n) is 7.04. The summed E-state index contributed by atoms with van der Waals surface area (Å²) in [6, 6.07) is 7.59. The van der Waals surface area contributed by atoms with Gasteiger partial charge in [-0.2, -0.15) is 9.61 Å². The lowest BCUT2D eigenvalue weighted by molar-refractivity contribution is 0.0821. The molecule has 0 radical (unpaired) electrons. The molecule has 3 aromatic heterocycles. The van der Waals surface area contributed by atoms with E-state index in [2.05, 4.69) is 20.7 Å². The Balaban J connectivity index is 1.74. The highest BCUT2D eigenvalue weighted by Gasteiger charge is 2.21. The summed E-state index contributed by atoms with van der Waals surface area (Å²) in [5.41, 5.74) is 3.36. The van der Waals surface area contributed by atoms with Crippen LogP contribution in [0.4, 0.5) is 11.5 Å². The van der Waals surface area contributed by atoms with E-state index in [9.17, 15) is 4.79 Å². The number of aromatic nitrogens is 4. The smallest absolute Gasteiger partial charge is 0.257 e. The lowest BCUT2D eigenvalue weighted by Gasteiger charge is -2.17. The highest BCUT2D eigenvalue weighted by molar-refractivity contribution is 6.02. The first-order valence-electron chi connectivity index (χ1n) is 9.31. The van der Waals surface area contributed by atoms with Crippen LogP contribution in [0.1, 0.15) is 22.8 Å². The van der Waals surface area contributed by atoms with Gasteiger partial charge in [0, 0.05) is 12.2 Å². The largest absolute Gasteiger partial charge is 0.495 e. The zero-order chi connectivity index (χ0) is 20.0. The van der Waals surface area contributed by atoms with Gasteiger partial charge in [0.25, 0.3) is 5.91 Å².